The predicted octanol–water partition coefficient (Wildman–Crippen LogP) is 6.31. The minimum absolute atomic E-state index is 0.00679. The van der Waals surface area contributed by atoms with Gasteiger partial charge in [0.25, 0.3) is 0 Å². The Labute approximate surface area is 233 Å². The number of ether oxygens (including phenoxy) is 1. The van der Waals surface area contributed by atoms with E-state index in [2.05, 4.69) is 6.07 Å². The number of amides is 2. The lowest BCUT2D eigenvalue weighted by molar-refractivity contribution is -0.134. The SMILES string of the molecule is CC(C)(C)OC(=O)N1CCC(c2ccc(F)cc2)(C2CCN(Cc3cc(C#N)cc4cc(F)ccc34)C2=O)CC1. The molecule has 2 aliphatic heterocycles. The van der Waals surface area contributed by atoms with Crippen molar-refractivity contribution in [2.45, 2.75) is 57.6 Å². The third-order valence-corrected chi connectivity index (χ3v) is 8.18. The van der Waals surface area contributed by atoms with Gasteiger partial charge in [-0.25, -0.2) is 13.6 Å². The fraction of sp³-hybridized carbons (Fsp3) is 0.406. The first kappa shape index (κ1) is 27.6. The van der Waals surface area contributed by atoms with Crippen molar-refractivity contribution in [3.05, 3.63) is 82.9 Å². The minimum Gasteiger partial charge on any atom is -0.444 e. The van der Waals surface area contributed by atoms with Crippen LogP contribution in [0.2, 0.25) is 0 Å². The van der Waals surface area contributed by atoms with Gasteiger partial charge in [-0.15, -0.1) is 0 Å². The van der Waals surface area contributed by atoms with Crippen LogP contribution in [-0.2, 0) is 21.5 Å². The number of carbonyl (C=O) groups is 2. The Balaban J connectivity index is 1.42. The van der Waals surface area contributed by atoms with Gasteiger partial charge in [-0.2, -0.15) is 5.26 Å². The molecule has 2 amide bonds. The Morgan fingerprint density at radius 1 is 1.02 bits per heavy atom. The molecule has 2 fully saturated rings. The Bertz CT molecular complexity index is 1480. The van der Waals surface area contributed by atoms with Crippen molar-refractivity contribution in [1.82, 2.24) is 9.80 Å². The van der Waals surface area contributed by atoms with Gasteiger partial charge in [0.05, 0.1) is 11.6 Å². The lowest BCUT2D eigenvalue weighted by Gasteiger charge is -2.45. The van der Waals surface area contributed by atoms with Crippen molar-refractivity contribution in [2.24, 2.45) is 5.92 Å². The van der Waals surface area contributed by atoms with Gasteiger partial charge in [-0.05, 0) is 98.3 Å². The molecular weight excluding hydrogens is 512 g/mol. The zero-order chi connectivity index (χ0) is 28.7. The van der Waals surface area contributed by atoms with Crippen LogP contribution in [0.25, 0.3) is 10.8 Å². The van der Waals surface area contributed by atoms with Gasteiger partial charge < -0.3 is 14.5 Å². The Hall–Kier alpha value is -3.99. The molecule has 2 aliphatic rings. The van der Waals surface area contributed by atoms with Crippen LogP contribution in [-0.4, -0.2) is 47.0 Å². The molecule has 40 heavy (non-hydrogen) atoms. The molecule has 1 atom stereocenters. The van der Waals surface area contributed by atoms with Gasteiger partial charge >= 0.3 is 6.09 Å². The molecule has 2 heterocycles. The quantitative estimate of drug-likeness (QED) is 0.385. The van der Waals surface area contributed by atoms with Crippen molar-refractivity contribution in [2.75, 3.05) is 19.6 Å². The van der Waals surface area contributed by atoms with Gasteiger partial charge in [0, 0.05) is 37.5 Å². The molecule has 0 bridgehead atoms. The van der Waals surface area contributed by atoms with Crippen LogP contribution in [0.5, 0.6) is 0 Å². The summed E-state index contributed by atoms with van der Waals surface area (Å²) in [5, 5.41) is 11.0. The highest BCUT2D eigenvalue weighted by Crippen LogP contribution is 2.47. The topological polar surface area (TPSA) is 73.6 Å². The third kappa shape index (κ3) is 5.38. The van der Waals surface area contributed by atoms with Crippen molar-refractivity contribution in [3.8, 4) is 6.07 Å². The van der Waals surface area contributed by atoms with Gasteiger partial charge in [-0.1, -0.05) is 18.2 Å². The molecule has 0 aliphatic carbocycles. The normalized spacial score (nSPS) is 19.1. The molecule has 0 spiro atoms. The molecular formula is C32H33F2N3O3. The van der Waals surface area contributed by atoms with Crippen LogP contribution < -0.4 is 0 Å². The summed E-state index contributed by atoms with van der Waals surface area (Å²) in [6.07, 6.45) is 1.34. The fourth-order valence-corrected chi connectivity index (χ4v) is 6.26. The number of hydrogen-bond acceptors (Lipinski definition) is 4. The number of hydrogen-bond donors (Lipinski definition) is 0. The second-order valence-corrected chi connectivity index (χ2v) is 11.8. The van der Waals surface area contributed by atoms with Crippen LogP contribution in [0.4, 0.5) is 13.6 Å². The standard InChI is InChI=1S/C32H33F2N3O3/c1-31(2,3)40-30(39)36-14-11-32(12-15-36,24-4-6-25(33)7-5-24)28-10-13-37(29(28)38)20-23-17-21(19-35)16-22-18-26(34)8-9-27(22)23/h4-9,16-18,28H,10-15,20H2,1-3H3. The largest absolute Gasteiger partial charge is 0.444 e. The highest BCUT2D eigenvalue weighted by atomic mass is 19.1. The average molecular weight is 546 g/mol. The third-order valence-electron chi connectivity index (χ3n) is 8.18. The number of likely N-dealkylation sites (tertiary alicyclic amines) is 2. The number of nitrogens with zero attached hydrogens (tertiary/aromatic N) is 3. The number of carbonyl (C=O) groups excluding carboxylic acids is 2. The van der Waals surface area contributed by atoms with Crippen LogP contribution in [0.1, 0.15) is 56.7 Å². The summed E-state index contributed by atoms with van der Waals surface area (Å²) in [6.45, 7) is 7.17. The first-order chi connectivity index (χ1) is 19.0. The van der Waals surface area contributed by atoms with E-state index in [1.807, 2.05) is 20.8 Å². The molecule has 208 valence electrons. The summed E-state index contributed by atoms with van der Waals surface area (Å²) in [4.78, 5) is 30.3. The van der Waals surface area contributed by atoms with Crippen molar-refractivity contribution >= 4 is 22.8 Å². The van der Waals surface area contributed by atoms with E-state index >= 15 is 0 Å². The van der Waals surface area contributed by atoms with Gasteiger partial charge in [0.15, 0.2) is 0 Å². The predicted molar refractivity (Wildman–Crippen MR) is 147 cm³/mol. The highest BCUT2D eigenvalue weighted by Gasteiger charge is 2.50. The molecule has 0 saturated carbocycles. The lowest BCUT2D eigenvalue weighted by Crippen LogP contribution is -2.51. The molecule has 2 saturated heterocycles. The second kappa shape index (κ2) is 10.5. The van der Waals surface area contributed by atoms with Crippen molar-refractivity contribution in [3.63, 3.8) is 0 Å². The number of nitriles is 1. The molecule has 0 radical (unpaired) electrons. The fourth-order valence-electron chi connectivity index (χ4n) is 6.26. The lowest BCUT2D eigenvalue weighted by atomic mass is 9.64. The molecule has 6 nitrogen and oxygen atoms in total. The Morgan fingerprint density at radius 3 is 2.35 bits per heavy atom. The van der Waals surface area contributed by atoms with Gasteiger partial charge in [0.2, 0.25) is 5.91 Å². The first-order valence-corrected chi connectivity index (χ1v) is 13.6. The Kier molecular flexibility index (Phi) is 7.26. The molecule has 3 aromatic rings. The number of fused-ring (bicyclic) bond motifs is 1. The zero-order valence-corrected chi connectivity index (χ0v) is 23.0. The second-order valence-electron chi connectivity index (χ2n) is 11.8. The monoisotopic (exact) mass is 545 g/mol. The number of piperidine rings is 1. The highest BCUT2D eigenvalue weighted by molar-refractivity contribution is 5.88. The summed E-state index contributed by atoms with van der Waals surface area (Å²) in [7, 11) is 0. The zero-order valence-electron chi connectivity index (χ0n) is 23.0. The minimum atomic E-state index is -0.608. The van der Waals surface area contributed by atoms with Crippen molar-refractivity contribution in [1.29, 1.82) is 5.26 Å². The summed E-state index contributed by atoms with van der Waals surface area (Å²) < 4.78 is 33.4. The van der Waals surface area contributed by atoms with E-state index in [1.165, 1.54) is 24.3 Å². The maximum absolute atomic E-state index is 14.0. The van der Waals surface area contributed by atoms with E-state index in [4.69, 9.17) is 4.74 Å². The smallest absolute Gasteiger partial charge is 0.410 e. The summed E-state index contributed by atoms with van der Waals surface area (Å²) >= 11 is 0. The van der Waals surface area contributed by atoms with Crippen molar-refractivity contribution < 1.29 is 23.1 Å². The molecule has 0 aromatic heterocycles. The molecule has 3 aromatic carbocycles. The van der Waals surface area contributed by atoms with Gasteiger partial charge in [0.1, 0.15) is 17.2 Å². The summed E-state index contributed by atoms with van der Waals surface area (Å²) in [5.41, 5.74) is 0.929. The van der Waals surface area contributed by atoms with Gasteiger partial charge in [-0.3, -0.25) is 4.79 Å². The Morgan fingerprint density at radius 2 is 1.70 bits per heavy atom. The number of benzene rings is 3. The number of halogens is 2. The van der Waals surface area contributed by atoms with Crippen LogP contribution in [0, 0.1) is 28.9 Å². The first-order valence-electron chi connectivity index (χ1n) is 13.6. The summed E-state index contributed by atoms with van der Waals surface area (Å²) in [6, 6.07) is 16.4. The molecule has 0 N–H and O–H groups in total. The van der Waals surface area contributed by atoms with E-state index in [1.54, 1.807) is 40.1 Å². The van der Waals surface area contributed by atoms with Crippen LogP contribution in [0.15, 0.2) is 54.6 Å². The molecule has 5 rings (SSSR count). The average Bonchev–Trinajstić information content (AvgIpc) is 3.27. The maximum Gasteiger partial charge on any atom is 0.410 e. The number of rotatable bonds is 4. The van der Waals surface area contributed by atoms with E-state index in [9.17, 15) is 23.6 Å². The van der Waals surface area contributed by atoms with Crippen LogP contribution in [0.3, 0.4) is 0 Å². The van der Waals surface area contributed by atoms with Crippen LogP contribution >= 0.6 is 0 Å². The van der Waals surface area contributed by atoms with E-state index < -0.39 is 11.0 Å². The van der Waals surface area contributed by atoms with E-state index in [0.717, 1.165) is 16.5 Å². The summed E-state index contributed by atoms with van der Waals surface area (Å²) in [5.74, 6) is -1.08. The maximum atomic E-state index is 14.0. The molecule has 8 heteroatoms. The van der Waals surface area contributed by atoms with E-state index in [0.29, 0.717) is 56.4 Å². The van der Waals surface area contributed by atoms with E-state index in [-0.39, 0.29) is 29.6 Å². The molecule has 1 unspecified atom stereocenters.